The van der Waals surface area contributed by atoms with E-state index in [-0.39, 0.29) is 35.0 Å². The van der Waals surface area contributed by atoms with E-state index in [2.05, 4.69) is 15.2 Å². The second-order valence-corrected chi connectivity index (χ2v) is 8.34. The molecule has 140 valence electrons. The van der Waals surface area contributed by atoms with Crippen molar-refractivity contribution < 1.29 is 21.6 Å². The van der Waals surface area contributed by atoms with Crippen LogP contribution in [0.25, 0.3) is 11.5 Å². The number of hydrogen-bond acceptors (Lipinski definition) is 7. The van der Waals surface area contributed by atoms with Gasteiger partial charge in [-0.25, -0.2) is 8.42 Å². The summed E-state index contributed by atoms with van der Waals surface area (Å²) in [6.07, 6.45) is 1.86. The van der Waals surface area contributed by atoms with Gasteiger partial charge < -0.3 is 10.2 Å². The van der Waals surface area contributed by atoms with Crippen LogP contribution in [0.15, 0.2) is 21.6 Å². The molecule has 1 fully saturated rings. The summed E-state index contributed by atoms with van der Waals surface area (Å²) in [5.74, 6) is -1.02. The first-order chi connectivity index (χ1) is 12.4. The molecule has 26 heavy (non-hydrogen) atoms. The average Bonchev–Trinajstić information content (AvgIpc) is 3.19. The summed E-state index contributed by atoms with van der Waals surface area (Å²) in [6.45, 7) is 0.155. The lowest BCUT2D eigenvalue weighted by atomic mass is 9.91. The average molecular weight is 385 g/mol. The van der Waals surface area contributed by atoms with Gasteiger partial charge >= 0.3 is 6.43 Å². The number of pyridine rings is 1. The summed E-state index contributed by atoms with van der Waals surface area (Å²) in [7, 11) is -3.77. The van der Waals surface area contributed by atoms with Crippen LogP contribution in [0.2, 0.25) is 0 Å². The zero-order chi connectivity index (χ0) is 18.5. The quantitative estimate of drug-likeness (QED) is 0.857. The third kappa shape index (κ3) is 2.79. The Morgan fingerprint density at radius 2 is 2.04 bits per heavy atom. The summed E-state index contributed by atoms with van der Waals surface area (Å²) < 4.78 is 57.4. The molecule has 2 aromatic rings. The minimum absolute atomic E-state index is 0.0320. The van der Waals surface area contributed by atoms with Crippen molar-refractivity contribution in [3.63, 3.8) is 0 Å². The van der Waals surface area contributed by atoms with Crippen LogP contribution in [0.5, 0.6) is 0 Å². The molecule has 1 aliphatic carbocycles. The van der Waals surface area contributed by atoms with E-state index in [1.165, 1.54) is 16.6 Å². The number of hydrogen-bond donors (Lipinski definition) is 1. The largest absolute Gasteiger partial charge is 0.415 e. The first kappa shape index (κ1) is 17.4. The molecule has 1 aliphatic heterocycles. The van der Waals surface area contributed by atoms with E-state index in [1.54, 1.807) is 0 Å². The van der Waals surface area contributed by atoms with Gasteiger partial charge in [0.2, 0.25) is 15.9 Å². The standard InChI is InChI=1S/C15H17F2N5O3S/c16-13(17)15-21-20-14(25-15)8-5-12-10(19-6-8)7-22(26(12,23)24)11-4-2-1-3-9(11)18/h5-6,9,11,13H,1-4,7,18H2/t9-,11-/m1/s1. The summed E-state index contributed by atoms with van der Waals surface area (Å²) in [6, 6.07) is 0.867. The van der Waals surface area contributed by atoms with Crippen LogP contribution in [-0.4, -0.2) is 40.0 Å². The molecule has 2 aromatic heterocycles. The highest BCUT2D eigenvalue weighted by atomic mass is 32.2. The molecule has 4 rings (SSSR count). The molecule has 2 atom stereocenters. The Balaban J connectivity index is 1.68. The van der Waals surface area contributed by atoms with Gasteiger partial charge in [0.1, 0.15) is 4.90 Å². The highest BCUT2D eigenvalue weighted by Gasteiger charge is 2.43. The van der Waals surface area contributed by atoms with Crippen molar-refractivity contribution in [2.45, 2.75) is 55.6 Å². The fourth-order valence-corrected chi connectivity index (χ4v) is 5.38. The van der Waals surface area contributed by atoms with Gasteiger partial charge in [0, 0.05) is 18.3 Å². The summed E-state index contributed by atoms with van der Waals surface area (Å²) >= 11 is 0. The van der Waals surface area contributed by atoms with Crippen molar-refractivity contribution in [2.75, 3.05) is 0 Å². The van der Waals surface area contributed by atoms with Crippen LogP contribution >= 0.6 is 0 Å². The lowest BCUT2D eigenvalue weighted by Gasteiger charge is -2.34. The number of fused-ring (bicyclic) bond motifs is 1. The third-order valence-electron chi connectivity index (χ3n) is 4.85. The molecule has 0 spiro atoms. The fourth-order valence-electron chi connectivity index (χ4n) is 3.52. The number of halogens is 2. The second-order valence-electron chi connectivity index (χ2n) is 6.48. The Hall–Kier alpha value is -1.98. The van der Waals surface area contributed by atoms with Crippen molar-refractivity contribution >= 4 is 10.0 Å². The summed E-state index contributed by atoms with van der Waals surface area (Å²) in [5.41, 5.74) is 6.72. The Morgan fingerprint density at radius 3 is 2.73 bits per heavy atom. The lowest BCUT2D eigenvalue weighted by Crippen LogP contribution is -2.49. The Morgan fingerprint density at radius 1 is 1.27 bits per heavy atom. The van der Waals surface area contributed by atoms with Gasteiger partial charge in [0.25, 0.3) is 5.89 Å². The smallest absolute Gasteiger partial charge is 0.314 e. The minimum atomic E-state index is -3.77. The number of nitrogens with zero attached hydrogens (tertiary/aromatic N) is 4. The molecular formula is C15H17F2N5O3S. The normalized spacial score (nSPS) is 25.5. The Labute approximate surface area is 148 Å². The molecule has 1 saturated carbocycles. The minimum Gasteiger partial charge on any atom is -0.415 e. The molecule has 2 aliphatic rings. The van der Waals surface area contributed by atoms with Gasteiger partial charge in [0.15, 0.2) is 0 Å². The number of aromatic nitrogens is 3. The molecule has 0 bridgehead atoms. The van der Waals surface area contributed by atoms with Crippen molar-refractivity contribution in [1.29, 1.82) is 0 Å². The molecule has 8 nitrogen and oxygen atoms in total. The van der Waals surface area contributed by atoms with E-state index in [0.29, 0.717) is 12.1 Å². The maximum Gasteiger partial charge on any atom is 0.314 e. The maximum atomic E-state index is 13.0. The summed E-state index contributed by atoms with van der Waals surface area (Å²) in [4.78, 5) is 4.21. The molecule has 2 N–H and O–H groups in total. The van der Waals surface area contributed by atoms with Crippen LogP contribution in [-0.2, 0) is 16.6 Å². The molecule has 3 heterocycles. The summed E-state index contributed by atoms with van der Waals surface area (Å²) in [5, 5.41) is 6.79. The van der Waals surface area contributed by atoms with Crippen molar-refractivity contribution in [2.24, 2.45) is 5.73 Å². The van der Waals surface area contributed by atoms with Crippen LogP contribution in [0.1, 0.15) is 43.7 Å². The monoisotopic (exact) mass is 385 g/mol. The molecule has 11 heteroatoms. The Bertz CT molecular complexity index is 933. The molecule has 0 amide bonds. The maximum absolute atomic E-state index is 13.0. The predicted octanol–water partition coefficient (Wildman–Crippen LogP) is 1.84. The van der Waals surface area contributed by atoms with Crippen LogP contribution < -0.4 is 5.73 Å². The zero-order valence-corrected chi connectivity index (χ0v) is 14.5. The van der Waals surface area contributed by atoms with E-state index in [9.17, 15) is 17.2 Å². The first-order valence-electron chi connectivity index (χ1n) is 8.26. The number of rotatable bonds is 3. The van der Waals surface area contributed by atoms with E-state index in [1.807, 2.05) is 0 Å². The Kier molecular flexibility index (Phi) is 4.24. The van der Waals surface area contributed by atoms with Gasteiger partial charge in [0.05, 0.1) is 17.8 Å². The van der Waals surface area contributed by atoms with Crippen molar-refractivity contribution in [3.05, 3.63) is 23.8 Å². The second kappa shape index (κ2) is 6.32. The number of sulfonamides is 1. The fraction of sp³-hybridized carbons (Fsp3) is 0.533. The van der Waals surface area contributed by atoms with Crippen molar-refractivity contribution in [1.82, 2.24) is 19.5 Å². The number of nitrogens with two attached hydrogens (primary N) is 1. The number of alkyl halides is 2. The lowest BCUT2D eigenvalue weighted by molar-refractivity contribution is 0.116. The predicted molar refractivity (Wildman–Crippen MR) is 85.4 cm³/mol. The highest BCUT2D eigenvalue weighted by molar-refractivity contribution is 7.89. The molecule has 0 unspecified atom stereocenters. The van der Waals surface area contributed by atoms with Crippen LogP contribution in [0, 0.1) is 0 Å². The molecule has 0 saturated heterocycles. The molecule has 0 radical (unpaired) electrons. The van der Waals surface area contributed by atoms with E-state index >= 15 is 0 Å². The van der Waals surface area contributed by atoms with E-state index in [4.69, 9.17) is 10.2 Å². The van der Waals surface area contributed by atoms with Crippen LogP contribution in [0.3, 0.4) is 0 Å². The van der Waals surface area contributed by atoms with Gasteiger partial charge in [-0.2, -0.15) is 13.1 Å². The van der Waals surface area contributed by atoms with Gasteiger partial charge in [-0.05, 0) is 18.9 Å². The SMILES string of the molecule is N[C@@H]1CCCC[C@H]1N1Cc2ncc(-c3nnc(C(F)F)o3)cc2S1(=O)=O. The highest BCUT2D eigenvalue weighted by Crippen LogP contribution is 2.36. The van der Waals surface area contributed by atoms with Gasteiger partial charge in [-0.1, -0.05) is 12.8 Å². The molecular weight excluding hydrogens is 368 g/mol. The first-order valence-corrected chi connectivity index (χ1v) is 9.70. The van der Waals surface area contributed by atoms with Crippen LogP contribution in [0.4, 0.5) is 8.78 Å². The molecule has 0 aromatic carbocycles. The third-order valence-corrected chi connectivity index (χ3v) is 6.78. The van der Waals surface area contributed by atoms with E-state index < -0.39 is 22.3 Å². The van der Waals surface area contributed by atoms with Gasteiger partial charge in [-0.3, -0.25) is 4.98 Å². The zero-order valence-electron chi connectivity index (χ0n) is 13.7. The van der Waals surface area contributed by atoms with Crippen molar-refractivity contribution in [3.8, 4) is 11.5 Å². The van der Waals surface area contributed by atoms with E-state index in [0.717, 1.165) is 19.3 Å². The van der Waals surface area contributed by atoms with Gasteiger partial charge in [-0.15, -0.1) is 10.2 Å². The topological polar surface area (TPSA) is 115 Å².